The van der Waals surface area contributed by atoms with Gasteiger partial charge in [-0.1, -0.05) is 97.6 Å². The fraction of sp³-hybridized carbons (Fsp3) is 0.0323. The maximum absolute atomic E-state index is 13.9. The second-order valence-electron chi connectivity index (χ2n) is 8.33. The molecule has 0 saturated carbocycles. The van der Waals surface area contributed by atoms with E-state index in [-0.39, 0.29) is 24.2 Å². The summed E-state index contributed by atoms with van der Waals surface area (Å²) in [5, 5.41) is 9.38. The molecule has 0 aliphatic carbocycles. The van der Waals surface area contributed by atoms with Crippen LogP contribution in [0.1, 0.15) is 11.1 Å². The Morgan fingerprint density at radius 2 is 1.22 bits per heavy atom. The van der Waals surface area contributed by atoms with Gasteiger partial charge in [0, 0.05) is 5.56 Å². The molecule has 5 nitrogen and oxygen atoms in total. The van der Waals surface area contributed by atoms with E-state index in [2.05, 4.69) is 6.58 Å². The minimum Gasteiger partial charge on any atom is -0.509 e. The zero-order chi connectivity index (χ0) is 25.1. The van der Waals surface area contributed by atoms with Gasteiger partial charge in [0.05, 0.1) is 16.8 Å². The van der Waals surface area contributed by atoms with Gasteiger partial charge in [-0.2, -0.15) is 0 Å². The van der Waals surface area contributed by atoms with Gasteiger partial charge in [0.15, 0.2) is 0 Å². The molecule has 0 fully saturated rings. The lowest BCUT2D eigenvalue weighted by Gasteiger charge is -2.20. The largest absolute Gasteiger partial charge is 0.509 e. The predicted octanol–water partition coefficient (Wildman–Crippen LogP) is 6.29. The van der Waals surface area contributed by atoms with E-state index in [9.17, 15) is 14.7 Å². The SMILES string of the molecule is C=C(O)COc1cccc(-c2ccccc2N2C(=O)C(c3ccccc3)=C(c3ccccc3)C2=O)c1. The summed E-state index contributed by atoms with van der Waals surface area (Å²) in [5.74, 6) is -0.297. The predicted molar refractivity (Wildman–Crippen MR) is 141 cm³/mol. The van der Waals surface area contributed by atoms with Crippen LogP contribution in [0.2, 0.25) is 0 Å². The van der Waals surface area contributed by atoms with Crippen molar-refractivity contribution in [3.8, 4) is 16.9 Å². The van der Waals surface area contributed by atoms with Gasteiger partial charge in [-0.15, -0.1) is 0 Å². The average molecular weight is 474 g/mol. The summed E-state index contributed by atoms with van der Waals surface area (Å²) in [6.45, 7) is 3.41. The first-order chi connectivity index (χ1) is 17.5. The first-order valence-corrected chi connectivity index (χ1v) is 11.5. The highest BCUT2D eigenvalue weighted by Gasteiger charge is 2.41. The van der Waals surface area contributed by atoms with Crippen molar-refractivity contribution in [2.75, 3.05) is 11.5 Å². The lowest BCUT2D eigenvalue weighted by molar-refractivity contribution is -0.119. The lowest BCUT2D eigenvalue weighted by Crippen LogP contribution is -2.31. The van der Waals surface area contributed by atoms with Gasteiger partial charge in [-0.3, -0.25) is 9.59 Å². The smallest absolute Gasteiger partial charge is 0.266 e. The van der Waals surface area contributed by atoms with E-state index in [1.807, 2.05) is 84.9 Å². The van der Waals surface area contributed by atoms with Crippen LogP contribution in [0.25, 0.3) is 22.3 Å². The lowest BCUT2D eigenvalue weighted by atomic mass is 9.96. The van der Waals surface area contributed by atoms with E-state index in [0.717, 1.165) is 5.56 Å². The number of anilines is 1. The first-order valence-electron chi connectivity index (χ1n) is 11.5. The van der Waals surface area contributed by atoms with E-state index >= 15 is 0 Å². The van der Waals surface area contributed by atoms with Crippen molar-refractivity contribution in [3.63, 3.8) is 0 Å². The molecule has 0 spiro atoms. The Kier molecular flexibility index (Phi) is 6.20. The number of aliphatic hydroxyl groups is 1. The number of rotatable bonds is 7. The molecule has 0 bridgehead atoms. The third-order valence-electron chi connectivity index (χ3n) is 5.90. The molecule has 0 radical (unpaired) electrons. The topological polar surface area (TPSA) is 66.8 Å². The number of hydrogen-bond acceptors (Lipinski definition) is 4. The molecule has 5 heteroatoms. The summed E-state index contributed by atoms with van der Waals surface area (Å²) in [5.41, 5.74) is 4.08. The molecule has 1 heterocycles. The van der Waals surface area contributed by atoms with Crippen LogP contribution < -0.4 is 9.64 Å². The van der Waals surface area contributed by atoms with Crippen molar-refractivity contribution in [2.24, 2.45) is 0 Å². The Bertz CT molecular complexity index is 1430. The van der Waals surface area contributed by atoms with E-state index in [1.165, 1.54) is 4.90 Å². The Hall–Kier alpha value is -4.90. The van der Waals surface area contributed by atoms with Crippen LogP contribution in [0, 0.1) is 0 Å². The van der Waals surface area contributed by atoms with E-state index in [0.29, 0.717) is 39.3 Å². The van der Waals surface area contributed by atoms with E-state index in [4.69, 9.17) is 4.74 Å². The number of aliphatic hydroxyl groups excluding tert-OH is 1. The number of imide groups is 1. The first kappa shape index (κ1) is 22.9. The van der Waals surface area contributed by atoms with Crippen LogP contribution in [-0.2, 0) is 9.59 Å². The highest BCUT2D eigenvalue weighted by molar-refractivity contribution is 6.57. The second kappa shape index (κ2) is 9.76. The number of carbonyl (C=O) groups is 2. The number of carbonyl (C=O) groups excluding carboxylic acids is 2. The third-order valence-corrected chi connectivity index (χ3v) is 5.90. The molecule has 1 aliphatic rings. The van der Waals surface area contributed by atoms with Crippen molar-refractivity contribution in [2.45, 2.75) is 0 Å². The standard InChI is InChI=1S/C31H23NO4/c1-21(33)20-36-25-16-10-15-24(19-25)26-17-8-9-18-27(26)32-30(34)28(22-11-4-2-5-12-22)29(31(32)35)23-13-6-3-7-14-23/h2-19,33H,1,20H2. The highest BCUT2D eigenvalue weighted by atomic mass is 16.5. The summed E-state index contributed by atoms with van der Waals surface area (Å²) >= 11 is 0. The molecule has 4 aromatic rings. The van der Waals surface area contributed by atoms with Crippen LogP contribution >= 0.6 is 0 Å². The van der Waals surface area contributed by atoms with Gasteiger partial charge in [-0.05, 0) is 34.9 Å². The van der Waals surface area contributed by atoms with Gasteiger partial charge in [-0.25, -0.2) is 4.90 Å². The number of nitrogens with zero attached hydrogens (tertiary/aromatic N) is 1. The van der Waals surface area contributed by atoms with E-state index < -0.39 is 0 Å². The molecular weight excluding hydrogens is 450 g/mol. The Labute approximate surface area is 209 Å². The molecule has 1 N–H and O–H groups in total. The Balaban J connectivity index is 1.61. The molecule has 0 saturated heterocycles. The fourth-order valence-electron chi connectivity index (χ4n) is 4.33. The molecule has 4 aromatic carbocycles. The van der Waals surface area contributed by atoms with Crippen molar-refractivity contribution in [1.29, 1.82) is 0 Å². The van der Waals surface area contributed by atoms with Crippen molar-refractivity contribution >= 4 is 28.6 Å². The van der Waals surface area contributed by atoms with Crippen LogP contribution in [-0.4, -0.2) is 23.5 Å². The van der Waals surface area contributed by atoms with E-state index in [1.54, 1.807) is 24.3 Å². The van der Waals surface area contributed by atoms with Gasteiger partial charge in [0.1, 0.15) is 18.1 Å². The number of amides is 2. The van der Waals surface area contributed by atoms with Crippen LogP contribution in [0.5, 0.6) is 5.75 Å². The van der Waals surface area contributed by atoms with Crippen LogP contribution in [0.4, 0.5) is 5.69 Å². The fourth-order valence-corrected chi connectivity index (χ4v) is 4.33. The quantitative estimate of drug-likeness (QED) is 0.253. The summed E-state index contributed by atoms with van der Waals surface area (Å²) < 4.78 is 5.58. The zero-order valence-electron chi connectivity index (χ0n) is 19.4. The highest BCUT2D eigenvalue weighted by Crippen LogP contribution is 2.41. The molecule has 5 rings (SSSR count). The molecule has 0 unspecified atom stereocenters. The maximum Gasteiger partial charge on any atom is 0.266 e. The average Bonchev–Trinajstić information content (AvgIpc) is 3.18. The Morgan fingerprint density at radius 1 is 0.694 bits per heavy atom. The van der Waals surface area contributed by atoms with Crippen LogP contribution in [0.3, 0.4) is 0 Å². The molecule has 0 atom stereocenters. The normalized spacial score (nSPS) is 13.3. The molecule has 36 heavy (non-hydrogen) atoms. The minimum atomic E-state index is -0.374. The number of para-hydroxylation sites is 1. The van der Waals surface area contributed by atoms with Crippen molar-refractivity contribution < 1.29 is 19.4 Å². The van der Waals surface area contributed by atoms with Gasteiger partial charge >= 0.3 is 0 Å². The zero-order valence-corrected chi connectivity index (χ0v) is 19.4. The number of benzene rings is 4. The number of hydrogen-bond donors (Lipinski definition) is 1. The monoisotopic (exact) mass is 473 g/mol. The number of ether oxygens (including phenoxy) is 1. The second-order valence-corrected chi connectivity index (χ2v) is 8.33. The van der Waals surface area contributed by atoms with Gasteiger partial charge in [0.2, 0.25) is 0 Å². The van der Waals surface area contributed by atoms with Crippen molar-refractivity contribution in [3.05, 3.63) is 133 Å². The summed E-state index contributed by atoms with van der Waals surface area (Å²) in [6, 6.07) is 33.1. The minimum absolute atomic E-state index is 0.0288. The maximum atomic E-state index is 13.9. The summed E-state index contributed by atoms with van der Waals surface area (Å²) in [6.07, 6.45) is 0. The molecular formula is C31H23NO4. The molecule has 2 amide bonds. The van der Waals surface area contributed by atoms with Crippen molar-refractivity contribution in [1.82, 2.24) is 0 Å². The van der Waals surface area contributed by atoms with Gasteiger partial charge in [0.25, 0.3) is 11.8 Å². The summed E-state index contributed by atoms with van der Waals surface area (Å²) in [7, 11) is 0. The summed E-state index contributed by atoms with van der Waals surface area (Å²) in [4.78, 5) is 29.1. The molecule has 0 aromatic heterocycles. The Morgan fingerprint density at radius 3 is 1.81 bits per heavy atom. The molecule has 176 valence electrons. The van der Waals surface area contributed by atoms with Crippen LogP contribution in [0.15, 0.2) is 122 Å². The third kappa shape index (κ3) is 4.30. The molecule has 1 aliphatic heterocycles. The van der Waals surface area contributed by atoms with Gasteiger partial charge < -0.3 is 9.84 Å².